The zero-order valence-electron chi connectivity index (χ0n) is 16.4. The van der Waals surface area contributed by atoms with Crippen molar-refractivity contribution in [3.8, 4) is 27.9 Å². The predicted molar refractivity (Wildman–Crippen MR) is 118 cm³/mol. The van der Waals surface area contributed by atoms with Crippen molar-refractivity contribution in [2.75, 3.05) is 31.2 Å². The van der Waals surface area contributed by atoms with Gasteiger partial charge in [-0.25, -0.2) is 0 Å². The first-order chi connectivity index (χ1) is 15.0. The van der Waals surface area contributed by atoms with Crippen molar-refractivity contribution in [1.82, 2.24) is 15.2 Å². The number of ether oxygens (including phenoxy) is 2. The number of halogens is 2. The van der Waals surface area contributed by atoms with Crippen LogP contribution >= 0.6 is 34.5 Å². The summed E-state index contributed by atoms with van der Waals surface area (Å²) in [4.78, 5) is 17.0. The molecule has 1 atom stereocenters. The van der Waals surface area contributed by atoms with Gasteiger partial charge in [-0.05, 0) is 12.1 Å². The summed E-state index contributed by atoms with van der Waals surface area (Å²) in [5, 5.41) is 19.8. The normalized spacial score (nSPS) is 16.2. The molecule has 2 aromatic heterocycles. The minimum Gasteiger partial charge on any atom is -0.463 e. The molecule has 31 heavy (non-hydrogen) atoms. The van der Waals surface area contributed by atoms with Gasteiger partial charge in [0.25, 0.3) is 0 Å². The highest BCUT2D eigenvalue weighted by Crippen LogP contribution is 2.48. The molecule has 1 unspecified atom stereocenters. The number of nitrogens with zero attached hydrogens (tertiary/aromatic N) is 4. The fourth-order valence-corrected chi connectivity index (χ4v) is 5.14. The van der Waals surface area contributed by atoms with Crippen LogP contribution in [0.25, 0.3) is 21.8 Å². The van der Waals surface area contributed by atoms with Gasteiger partial charge in [-0.3, -0.25) is 4.79 Å². The van der Waals surface area contributed by atoms with Crippen LogP contribution in [0.2, 0.25) is 10.0 Å². The second-order valence-corrected chi connectivity index (χ2v) is 8.64. The summed E-state index contributed by atoms with van der Waals surface area (Å²) in [5.41, 5.74) is 1.83. The van der Waals surface area contributed by atoms with E-state index in [1.807, 2.05) is 0 Å². The molecule has 0 amide bonds. The van der Waals surface area contributed by atoms with Gasteiger partial charge in [0.1, 0.15) is 30.1 Å². The zero-order valence-corrected chi connectivity index (χ0v) is 18.7. The molecule has 0 radical (unpaired) electrons. The number of hydrogen-bond donors (Lipinski definition) is 1. The van der Waals surface area contributed by atoms with Crippen LogP contribution in [0.5, 0.6) is 0 Å². The monoisotopic (exact) mass is 477 g/mol. The molecule has 8 nitrogen and oxygen atoms in total. The quantitative estimate of drug-likeness (QED) is 0.550. The first kappa shape index (κ1) is 21.6. The Labute approximate surface area is 192 Å². The van der Waals surface area contributed by atoms with Crippen molar-refractivity contribution in [3.05, 3.63) is 40.1 Å². The number of nitrogens with one attached hydrogen (secondary N) is 1. The van der Waals surface area contributed by atoms with Crippen molar-refractivity contribution >= 4 is 45.5 Å². The maximum absolute atomic E-state index is 11.2. The second-order valence-electron chi connectivity index (χ2n) is 6.80. The molecular formula is C20H17Cl2N5O3S. The van der Waals surface area contributed by atoms with E-state index in [1.165, 1.54) is 24.6 Å². The van der Waals surface area contributed by atoms with E-state index in [1.54, 1.807) is 18.2 Å². The molecular weight excluding hydrogens is 461 g/mol. The third-order valence-corrected chi connectivity index (χ3v) is 6.54. The number of carbonyl (C=O) groups is 1. The molecule has 0 spiro atoms. The maximum atomic E-state index is 11.2. The Morgan fingerprint density at radius 1 is 1.48 bits per heavy atom. The number of nitriles is 1. The van der Waals surface area contributed by atoms with Gasteiger partial charge in [-0.15, -0.1) is 21.5 Å². The first-order valence-electron chi connectivity index (χ1n) is 9.36. The van der Waals surface area contributed by atoms with E-state index in [4.69, 9.17) is 32.7 Å². The van der Waals surface area contributed by atoms with Crippen LogP contribution in [0.1, 0.15) is 12.5 Å². The molecule has 1 fully saturated rings. The fourth-order valence-electron chi connectivity index (χ4n) is 3.39. The molecule has 4 rings (SSSR count). The number of aromatic amines is 1. The third-order valence-electron chi connectivity index (χ3n) is 4.73. The molecule has 0 aliphatic carbocycles. The Kier molecular flexibility index (Phi) is 6.43. The highest BCUT2D eigenvalue weighted by molar-refractivity contribution is 7.20. The summed E-state index contributed by atoms with van der Waals surface area (Å²) < 4.78 is 10.8. The number of morpholine rings is 1. The maximum Gasteiger partial charge on any atom is 0.302 e. The summed E-state index contributed by atoms with van der Waals surface area (Å²) in [6.07, 6.45) is 1.19. The predicted octanol–water partition coefficient (Wildman–Crippen LogP) is 4.15. The number of benzene rings is 1. The lowest BCUT2D eigenvalue weighted by molar-refractivity contribution is -0.145. The van der Waals surface area contributed by atoms with Crippen LogP contribution in [-0.4, -0.2) is 53.6 Å². The van der Waals surface area contributed by atoms with Gasteiger partial charge in [-0.2, -0.15) is 5.26 Å². The standard InChI is InChI=1S/C20H17Cl2N5O3S/c1-11(28)30-9-13-8-27(4-5-29-13)20-15(7-23)17(14-3-2-12(21)6-16(14)22)18(31-20)19-24-10-25-26-19/h2-3,6,10,13H,4-5,8-9H2,1H3,(H,24,25,26). The van der Waals surface area contributed by atoms with Gasteiger partial charge >= 0.3 is 5.97 Å². The van der Waals surface area contributed by atoms with Gasteiger partial charge in [0.05, 0.1) is 17.0 Å². The molecule has 0 bridgehead atoms. The van der Waals surface area contributed by atoms with E-state index in [-0.39, 0.29) is 18.7 Å². The summed E-state index contributed by atoms with van der Waals surface area (Å²) in [5.74, 6) is 0.181. The molecule has 160 valence electrons. The fraction of sp³-hybridized carbons (Fsp3) is 0.300. The summed E-state index contributed by atoms with van der Waals surface area (Å²) in [6, 6.07) is 7.51. The molecule has 1 N–H and O–H groups in total. The molecule has 11 heteroatoms. The van der Waals surface area contributed by atoms with Gasteiger partial charge in [0.15, 0.2) is 5.82 Å². The van der Waals surface area contributed by atoms with Crippen LogP contribution in [0.15, 0.2) is 24.5 Å². The summed E-state index contributed by atoms with van der Waals surface area (Å²) in [6.45, 7) is 3.04. The summed E-state index contributed by atoms with van der Waals surface area (Å²) >= 11 is 14.0. The molecule has 1 aliphatic rings. The molecule has 0 saturated carbocycles. The number of esters is 1. The van der Waals surface area contributed by atoms with Gasteiger partial charge in [0.2, 0.25) is 0 Å². The SMILES string of the molecule is CC(=O)OCC1CN(c2sc(-c3nnc[nH]3)c(-c3ccc(Cl)cc3Cl)c2C#N)CCO1. The average Bonchev–Trinajstić information content (AvgIpc) is 3.40. The Hall–Kier alpha value is -2.64. The van der Waals surface area contributed by atoms with E-state index in [2.05, 4.69) is 26.2 Å². The van der Waals surface area contributed by atoms with E-state index in [9.17, 15) is 10.1 Å². The number of aromatic nitrogens is 3. The largest absolute Gasteiger partial charge is 0.463 e. The summed E-state index contributed by atoms with van der Waals surface area (Å²) in [7, 11) is 0. The minimum atomic E-state index is -0.359. The molecule has 3 heterocycles. The van der Waals surface area contributed by atoms with Crippen molar-refractivity contribution in [3.63, 3.8) is 0 Å². The van der Waals surface area contributed by atoms with Crippen molar-refractivity contribution < 1.29 is 14.3 Å². The number of rotatable bonds is 5. The lowest BCUT2D eigenvalue weighted by atomic mass is 10.0. The highest BCUT2D eigenvalue weighted by atomic mass is 35.5. The number of H-pyrrole nitrogens is 1. The van der Waals surface area contributed by atoms with Crippen molar-refractivity contribution in [2.45, 2.75) is 13.0 Å². The van der Waals surface area contributed by atoms with E-state index in [0.717, 1.165) is 9.88 Å². The van der Waals surface area contributed by atoms with Crippen molar-refractivity contribution in [2.24, 2.45) is 0 Å². The van der Waals surface area contributed by atoms with Crippen LogP contribution in [0, 0.1) is 11.3 Å². The van der Waals surface area contributed by atoms with Crippen LogP contribution in [0.3, 0.4) is 0 Å². The van der Waals surface area contributed by atoms with Crippen LogP contribution < -0.4 is 4.90 Å². The number of thiophene rings is 1. The molecule has 1 aliphatic heterocycles. The smallest absolute Gasteiger partial charge is 0.302 e. The minimum absolute atomic E-state index is 0.157. The Balaban J connectivity index is 1.79. The number of carbonyl (C=O) groups excluding carboxylic acids is 1. The number of hydrogen-bond acceptors (Lipinski definition) is 8. The van der Waals surface area contributed by atoms with E-state index < -0.39 is 0 Å². The zero-order chi connectivity index (χ0) is 22.0. The van der Waals surface area contributed by atoms with Gasteiger partial charge in [-0.1, -0.05) is 29.3 Å². The molecule has 1 saturated heterocycles. The Morgan fingerprint density at radius 2 is 2.32 bits per heavy atom. The highest BCUT2D eigenvalue weighted by Gasteiger charge is 2.30. The first-order valence-corrected chi connectivity index (χ1v) is 10.9. The number of anilines is 1. The van der Waals surface area contributed by atoms with Gasteiger partial charge < -0.3 is 19.4 Å². The van der Waals surface area contributed by atoms with Crippen LogP contribution in [0.4, 0.5) is 5.00 Å². The van der Waals surface area contributed by atoms with Crippen molar-refractivity contribution in [1.29, 1.82) is 5.26 Å². The van der Waals surface area contributed by atoms with E-state index in [0.29, 0.717) is 52.3 Å². The molecule has 3 aromatic rings. The Bertz CT molecular complexity index is 1140. The van der Waals surface area contributed by atoms with E-state index >= 15 is 0 Å². The lowest BCUT2D eigenvalue weighted by Crippen LogP contribution is -2.44. The van der Waals surface area contributed by atoms with Gasteiger partial charge in [0, 0.05) is 41.2 Å². The third kappa shape index (κ3) is 4.52. The topological polar surface area (TPSA) is 104 Å². The second kappa shape index (κ2) is 9.24. The average molecular weight is 478 g/mol. The van der Waals surface area contributed by atoms with Crippen LogP contribution in [-0.2, 0) is 14.3 Å². The lowest BCUT2D eigenvalue weighted by Gasteiger charge is -2.33. The molecule has 1 aromatic carbocycles. The Morgan fingerprint density at radius 3 is 3.00 bits per heavy atom.